The molecule has 82 valence electrons. The lowest BCUT2D eigenvalue weighted by molar-refractivity contribution is -0.118. The monoisotopic (exact) mass is 212 g/mol. The van der Waals surface area contributed by atoms with E-state index in [9.17, 15) is 9.59 Å². The zero-order valence-corrected chi connectivity index (χ0v) is 8.27. The average Bonchev–Trinajstić information content (AvgIpc) is 2.19. The molecule has 3 N–H and O–H groups in total. The summed E-state index contributed by atoms with van der Waals surface area (Å²) in [5.41, 5.74) is 4.99. The van der Waals surface area contributed by atoms with Crippen molar-refractivity contribution in [2.24, 2.45) is 5.73 Å². The lowest BCUT2D eigenvalue weighted by atomic mass is 10.3. The van der Waals surface area contributed by atoms with E-state index in [-0.39, 0.29) is 24.3 Å². The molecule has 0 aromatic carbocycles. The summed E-state index contributed by atoms with van der Waals surface area (Å²) in [7, 11) is 1.35. The van der Waals surface area contributed by atoms with E-state index in [4.69, 9.17) is 15.6 Å². The van der Waals surface area contributed by atoms with Crippen LogP contribution in [0.4, 0.5) is 0 Å². The predicted molar refractivity (Wildman–Crippen MR) is 52.4 cm³/mol. The van der Waals surface area contributed by atoms with Gasteiger partial charge in [-0.1, -0.05) is 0 Å². The van der Waals surface area contributed by atoms with Gasteiger partial charge in [-0.3, -0.25) is 9.59 Å². The SMILES string of the molecule is COc1cn(CC(N)=O)c(CO)cc1=O. The molecule has 0 unspecified atom stereocenters. The fourth-order valence-electron chi connectivity index (χ4n) is 1.20. The van der Waals surface area contributed by atoms with E-state index in [0.717, 1.165) is 0 Å². The second-order valence-electron chi connectivity index (χ2n) is 2.95. The number of aliphatic hydroxyl groups excluding tert-OH is 1. The number of carbonyl (C=O) groups is 1. The van der Waals surface area contributed by atoms with E-state index < -0.39 is 5.91 Å². The molecule has 0 saturated heterocycles. The second-order valence-corrected chi connectivity index (χ2v) is 2.95. The maximum absolute atomic E-state index is 11.3. The third kappa shape index (κ3) is 2.57. The standard InChI is InChI=1S/C9H12N2O4/c1-15-8-3-11(4-9(10)14)6(5-12)2-7(8)13/h2-3,12H,4-5H2,1H3,(H2,10,14). The van der Waals surface area contributed by atoms with Crippen molar-refractivity contribution in [2.45, 2.75) is 13.2 Å². The summed E-state index contributed by atoms with van der Waals surface area (Å²) in [5, 5.41) is 8.97. The smallest absolute Gasteiger partial charge is 0.237 e. The largest absolute Gasteiger partial charge is 0.491 e. The molecule has 1 amide bonds. The Morgan fingerprint density at radius 1 is 1.67 bits per heavy atom. The highest BCUT2D eigenvalue weighted by molar-refractivity contribution is 5.73. The molecule has 15 heavy (non-hydrogen) atoms. The van der Waals surface area contributed by atoms with Crippen LogP contribution in [0.15, 0.2) is 17.1 Å². The maximum atomic E-state index is 11.3. The Balaban J connectivity index is 3.22. The van der Waals surface area contributed by atoms with Crippen molar-refractivity contribution in [1.82, 2.24) is 4.57 Å². The highest BCUT2D eigenvalue weighted by atomic mass is 16.5. The molecule has 0 fully saturated rings. The minimum Gasteiger partial charge on any atom is -0.491 e. The summed E-state index contributed by atoms with van der Waals surface area (Å²) < 4.78 is 6.18. The molecule has 0 saturated carbocycles. The third-order valence-corrected chi connectivity index (χ3v) is 1.89. The number of ether oxygens (including phenoxy) is 1. The second kappa shape index (κ2) is 4.61. The van der Waals surface area contributed by atoms with Crippen LogP contribution < -0.4 is 15.9 Å². The van der Waals surface area contributed by atoms with Gasteiger partial charge in [-0.25, -0.2) is 0 Å². The highest BCUT2D eigenvalue weighted by Gasteiger charge is 2.07. The number of nitrogens with zero attached hydrogens (tertiary/aromatic N) is 1. The lowest BCUT2D eigenvalue weighted by Gasteiger charge is -2.11. The van der Waals surface area contributed by atoms with Crippen molar-refractivity contribution in [1.29, 1.82) is 0 Å². The minimum absolute atomic E-state index is 0.105. The van der Waals surface area contributed by atoms with Gasteiger partial charge in [0, 0.05) is 11.8 Å². The van der Waals surface area contributed by atoms with Crippen molar-refractivity contribution in [3.05, 3.63) is 28.2 Å². The van der Waals surface area contributed by atoms with Crippen LogP contribution in [0, 0.1) is 0 Å². The molecule has 0 atom stereocenters. The minimum atomic E-state index is -0.560. The van der Waals surface area contributed by atoms with E-state index >= 15 is 0 Å². The Bertz CT molecular complexity index is 425. The Morgan fingerprint density at radius 2 is 2.33 bits per heavy atom. The number of rotatable bonds is 4. The van der Waals surface area contributed by atoms with Gasteiger partial charge >= 0.3 is 0 Å². The normalized spacial score (nSPS) is 10.0. The van der Waals surface area contributed by atoms with Crippen molar-refractivity contribution in [2.75, 3.05) is 7.11 Å². The van der Waals surface area contributed by atoms with Gasteiger partial charge < -0.3 is 20.1 Å². The van der Waals surface area contributed by atoms with Crippen molar-refractivity contribution in [3.8, 4) is 5.75 Å². The molecule has 1 aromatic heterocycles. The fraction of sp³-hybridized carbons (Fsp3) is 0.333. The van der Waals surface area contributed by atoms with Crippen LogP contribution >= 0.6 is 0 Å². The number of carbonyl (C=O) groups excluding carboxylic acids is 1. The van der Waals surface area contributed by atoms with Crippen LogP contribution in [0.5, 0.6) is 5.75 Å². The lowest BCUT2D eigenvalue weighted by Crippen LogP contribution is -2.23. The van der Waals surface area contributed by atoms with Crippen molar-refractivity contribution >= 4 is 5.91 Å². The Hall–Kier alpha value is -1.82. The number of hydrogen-bond acceptors (Lipinski definition) is 4. The van der Waals surface area contributed by atoms with Gasteiger partial charge in [0.15, 0.2) is 5.75 Å². The molecule has 0 aliphatic rings. The first-order valence-electron chi connectivity index (χ1n) is 4.25. The number of aromatic nitrogens is 1. The molecule has 1 rings (SSSR count). The first-order valence-corrected chi connectivity index (χ1v) is 4.25. The number of aliphatic hydroxyl groups is 1. The average molecular weight is 212 g/mol. The summed E-state index contributed by atoms with van der Waals surface area (Å²) in [6.07, 6.45) is 1.35. The van der Waals surface area contributed by atoms with E-state index in [0.29, 0.717) is 5.69 Å². The Labute approximate surface area is 85.9 Å². The zero-order valence-electron chi connectivity index (χ0n) is 8.27. The van der Waals surface area contributed by atoms with Gasteiger partial charge in [0.1, 0.15) is 6.54 Å². The van der Waals surface area contributed by atoms with E-state index in [1.165, 1.54) is 23.9 Å². The van der Waals surface area contributed by atoms with Crippen LogP contribution in [0.25, 0.3) is 0 Å². The molecular weight excluding hydrogens is 200 g/mol. The van der Waals surface area contributed by atoms with E-state index in [1.807, 2.05) is 0 Å². The van der Waals surface area contributed by atoms with Crippen molar-refractivity contribution in [3.63, 3.8) is 0 Å². The molecule has 0 aliphatic carbocycles. The molecule has 6 heteroatoms. The van der Waals surface area contributed by atoms with Gasteiger partial charge in [0.25, 0.3) is 0 Å². The summed E-state index contributed by atoms with van der Waals surface area (Å²) in [6.45, 7) is -0.445. The van der Waals surface area contributed by atoms with E-state index in [1.54, 1.807) is 0 Å². The summed E-state index contributed by atoms with van der Waals surface area (Å²) in [4.78, 5) is 22.0. The maximum Gasteiger partial charge on any atom is 0.237 e. The first kappa shape index (κ1) is 11.3. The van der Waals surface area contributed by atoms with Crippen LogP contribution in [-0.4, -0.2) is 22.7 Å². The third-order valence-electron chi connectivity index (χ3n) is 1.89. The van der Waals surface area contributed by atoms with Gasteiger partial charge in [-0.05, 0) is 0 Å². The Kier molecular flexibility index (Phi) is 3.46. The molecule has 1 aromatic rings. The highest BCUT2D eigenvalue weighted by Crippen LogP contribution is 2.06. The summed E-state index contributed by atoms with van der Waals surface area (Å²) in [6, 6.07) is 1.21. The van der Waals surface area contributed by atoms with Gasteiger partial charge in [-0.15, -0.1) is 0 Å². The summed E-state index contributed by atoms with van der Waals surface area (Å²) >= 11 is 0. The fourth-order valence-corrected chi connectivity index (χ4v) is 1.20. The number of nitrogens with two attached hydrogens (primary N) is 1. The van der Waals surface area contributed by atoms with Gasteiger partial charge in [0.05, 0.1) is 19.9 Å². The number of amides is 1. The molecule has 0 bridgehead atoms. The molecule has 0 radical (unpaired) electrons. The number of hydrogen-bond donors (Lipinski definition) is 2. The topological polar surface area (TPSA) is 94.6 Å². The molecule has 1 heterocycles. The quantitative estimate of drug-likeness (QED) is 0.657. The van der Waals surface area contributed by atoms with Gasteiger partial charge in [0.2, 0.25) is 11.3 Å². The molecule has 6 nitrogen and oxygen atoms in total. The zero-order chi connectivity index (χ0) is 11.4. The van der Waals surface area contributed by atoms with Crippen LogP contribution in [0.1, 0.15) is 5.69 Å². The Morgan fingerprint density at radius 3 is 2.80 bits per heavy atom. The molecule has 0 spiro atoms. The number of methoxy groups -OCH3 is 1. The predicted octanol–water partition coefficient (Wildman–Crippen LogP) is -1.17. The molecule has 0 aliphatic heterocycles. The van der Waals surface area contributed by atoms with Crippen LogP contribution in [-0.2, 0) is 17.9 Å². The van der Waals surface area contributed by atoms with Crippen molar-refractivity contribution < 1.29 is 14.6 Å². The van der Waals surface area contributed by atoms with Gasteiger partial charge in [-0.2, -0.15) is 0 Å². The van der Waals surface area contributed by atoms with Crippen LogP contribution in [0.3, 0.4) is 0 Å². The first-order chi connectivity index (χ1) is 7.08. The molecular formula is C9H12N2O4. The number of pyridine rings is 1. The number of primary amides is 1. The van der Waals surface area contributed by atoms with Crippen LogP contribution in [0.2, 0.25) is 0 Å². The summed E-state index contributed by atoms with van der Waals surface area (Å²) in [5.74, 6) is -0.455. The van der Waals surface area contributed by atoms with E-state index in [2.05, 4.69) is 0 Å².